The SMILES string of the molecule is COCCNc1nc(C)cc(C)c1CN. The van der Waals surface area contributed by atoms with Gasteiger partial charge in [0.1, 0.15) is 5.82 Å². The van der Waals surface area contributed by atoms with Gasteiger partial charge in [-0.15, -0.1) is 0 Å². The molecule has 1 aromatic rings. The van der Waals surface area contributed by atoms with E-state index < -0.39 is 0 Å². The lowest BCUT2D eigenvalue weighted by molar-refractivity contribution is 0.210. The van der Waals surface area contributed by atoms with Gasteiger partial charge in [0.15, 0.2) is 0 Å². The largest absolute Gasteiger partial charge is 0.383 e. The standard InChI is InChI=1S/C11H19N3O/c1-8-6-9(2)14-11(10(8)7-12)13-4-5-15-3/h6H,4-5,7,12H2,1-3H3,(H,13,14). The average molecular weight is 209 g/mol. The quantitative estimate of drug-likeness (QED) is 0.716. The van der Waals surface area contributed by atoms with Crippen molar-refractivity contribution in [2.45, 2.75) is 20.4 Å². The lowest BCUT2D eigenvalue weighted by atomic mass is 10.1. The molecule has 0 saturated carbocycles. The first kappa shape index (κ1) is 11.9. The fourth-order valence-electron chi connectivity index (χ4n) is 1.54. The van der Waals surface area contributed by atoms with Crippen molar-refractivity contribution in [2.24, 2.45) is 5.73 Å². The molecule has 0 atom stereocenters. The predicted octanol–water partition coefficient (Wildman–Crippen LogP) is 1.22. The summed E-state index contributed by atoms with van der Waals surface area (Å²) in [4.78, 5) is 4.43. The van der Waals surface area contributed by atoms with Crippen molar-refractivity contribution in [2.75, 3.05) is 25.6 Å². The van der Waals surface area contributed by atoms with Crippen LogP contribution in [-0.4, -0.2) is 25.2 Å². The van der Waals surface area contributed by atoms with Crippen LogP contribution in [0.15, 0.2) is 6.07 Å². The van der Waals surface area contributed by atoms with E-state index in [0.717, 1.165) is 23.6 Å². The van der Waals surface area contributed by atoms with Crippen LogP contribution >= 0.6 is 0 Å². The number of hydrogen-bond acceptors (Lipinski definition) is 4. The molecular formula is C11H19N3O. The van der Waals surface area contributed by atoms with Crippen LogP contribution in [0.1, 0.15) is 16.8 Å². The minimum atomic E-state index is 0.508. The van der Waals surface area contributed by atoms with Gasteiger partial charge in [0.25, 0.3) is 0 Å². The van der Waals surface area contributed by atoms with Crippen molar-refractivity contribution in [3.05, 3.63) is 22.9 Å². The van der Waals surface area contributed by atoms with Gasteiger partial charge in [0.05, 0.1) is 6.61 Å². The summed E-state index contributed by atoms with van der Waals surface area (Å²) in [6, 6.07) is 2.05. The lowest BCUT2D eigenvalue weighted by Gasteiger charge is -2.13. The van der Waals surface area contributed by atoms with Gasteiger partial charge in [-0.1, -0.05) is 0 Å². The molecule has 0 unspecified atom stereocenters. The molecule has 0 bridgehead atoms. The molecule has 0 radical (unpaired) electrons. The van der Waals surface area contributed by atoms with Crippen molar-refractivity contribution >= 4 is 5.82 Å². The second-order valence-electron chi connectivity index (χ2n) is 3.53. The first-order valence-electron chi connectivity index (χ1n) is 5.09. The van der Waals surface area contributed by atoms with Crippen molar-refractivity contribution < 1.29 is 4.74 Å². The Morgan fingerprint density at radius 1 is 1.47 bits per heavy atom. The molecule has 0 amide bonds. The van der Waals surface area contributed by atoms with E-state index >= 15 is 0 Å². The first-order chi connectivity index (χ1) is 7.19. The topological polar surface area (TPSA) is 60.2 Å². The van der Waals surface area contributed by atoms with Gasteiger partial charge in [-0.25, -0.2) is 4.98 Å². The van der Waals surface area contributed by atoms with E-state index in [4.69, 9.17) is 10.5 Å². The molecule has 0 aliphatic heterocycles. The summed E-state index contributed by atoms with van der Waals surface area (Å²) in [5, 5.41) is 3.23. The Bertz CT molecular complexity index is 326. The molecule has 0 saturated heterocycles. The number of pyridine rings is 1. The van der Waals surface area contributed by atoms with Crippen LogP contribution in [0.3, 0.4) is 0 Å². The van der Waals surface area contributed by atoms with Crippen LogP contribution in [0, 0.1) is 13.8 Å². The maximum Gasteiger partial charge on any atom is 0.131 e. The van der Waals surface area contributed by atoms with E-state index in [9.17, 15) is 0 Å². The summed E-state index contributed by atoms with van der Waals surface area (Å²) in [6.45, 7) is 5.96. The third kappa shape index (κ3) is 3.18. The summed E-state index contributed by atoms with van der Waals surface area (Å²) in [6.07, 6.45) is 0. The first-order valence-corrected chi connectivity index (χ1v) is 5.09. The zero-order valence-electron chi connectivity index (χ0n) is 9.63. The van der Waals surface area contributed by atoms with Crippen LogP contribution in [0.2, 0.25) is 0 Å². The highest BCUT2D eigenvalue weighted by Gasteiger charge is 2.06. The van der Waals surface area contributed by atoms with Crippen LogP contribution in [-0.2, 0) is 11.3 Å². The van der Waals surface area contributed by atoms with E-state index in [1.807, 2.05) is 13.0 Å². The number of ether oxygens (including phenoxy) is 1. The molecule has 4 heteroatoms. The number of nitrogens with one attached hydrogen (secondary N) is 1. The molecule has 0 fully saturated rings. The Kier molecular flexibility index (Phi) is 4.52. The molecule has 4 nitrogen and oxygen atoms in total. The van der Waals surface area contributed by atoms with Crippen LogP contribution < -0.4 is 11.1 Å². The van der Waals surface area contributed by atoms with E-state index in [2.05, 4.69) is 17.2 Å². The van der Waals surface area contributed by atoms with Gasteiger partial charge in [0, 0.05) is 31.5 Å². The second kappa shape index (κ2) is 5.68. The van der Waals surface area contributed by atoms with Crippen molar-refractivity contribution in [1.82, 2.24) is 4.98 Å². The lowest BCUT2D eigenvalue weighted by Crippen LogP contribution is -2.13. The highest BCUT2D eigenvalue weighted by atomic mass is 16.5. The molecule has 0 aliphatic carbocycles. The molecule has 1 rings (SSSR count). The Morgan fingerprint density at radius 2 is 2.20 bits per heavy atom. The van der Waals surface area contributed by atoms with Gasteiger partial charge in [-0.3, -0.25) is 0 Å². The van der Waals surface area contributed by atoms with Crippen molar-refractivity contribution in [3.8, 4) is 0 Å². The summed E-state index contributed by atoms with van der Waals surface area (Å²) < 4.78 is 4.98. The summed E-state index contributed by atoms with van der Waals surface area (Å²) >= 11 is 0. The Morgan fingerprint density at radius 3 is 2.80 bits per heavy atom. The van der Waals surface area contributed by atoms with Gasteiger partial charge < -0.3 is 15.8 Å². The van der Waals surface area contributed by atoms with Crippen molar-refractivity contribution in [3.63, 3.8) is 0 Å². The number of rotatable bonds is 5. The minimum Gasteiger partial charge on any atom is -0.383 e. The number of nitrogens with two attached hydrogens (primary N) is 1. The summed E-state index contributed by atoms with van der Waals surface area (Å²) in [5.41, 5.74) is 8.96. The fourth-order valence-corrected chi connectivity index (χ4v) is 1.54. The maximum absolute atomic E-state index is 5.69. The third-order valence-electron chi connectivity index (χ3n) is 2.28. The zero-order valence-corrected chi connectivity index (χ0v) is 9.63. The van der Waals surface area contributed by atoms with E-state index in [1.165, 1.54) is 5.56 Å². The highest BCUT2D eigenvalue weighted by Crippen LogP contribution is 2.17. The average Bonchev–Trinajstić information content (AvgIpc) is 2.17. The van der Waals surface area contributed by atoms with Crippen LogP contribution in [0.25, 0.3) is 0 Å². The summed E-state index contributed by atoms with van der Waals surface area (Å²) in [7, 11) is 1.68. The van der Waals surface area contributed by atoms with Gasteiger partial charge in [0.2, 0.25) is 0 Å². The number of methoxy groups -OCH3 is 1. The Hall–Kier alpha value is -1.13. The molecule has 15 heavy (non-hydrogen) atoms. The summed E-state index contributed by atoms with van der Waals surface area (Å²) in [5.74, 6) is 0.882. The molecule has 3 N–H and O–H groups in total. The monoisotopic (exact) mass is 209 g/mol. The molecule has 84 valence electrons. The smallest absolute Gasteiger partial charge is 0.131 e. The second-order valence-corrected chi connectivity index (χ2v) is 3.53. The van der Waals surface area contributed by atoms with Gasteiger partial charge in [-0.05, 0) is 25.5 Å². The van der Waals surface area contributed by atoms with Crippen molar-refractivity contribution in [1.29, 1.82) is 0 Å². The molecule has 0 aliphatic rings. The Labute approximate surface area is 90.8 Å². The number of anilines is 1. The van der Waals surface area contributed by atoms with Crippen LogP contribution in [0.4, 0.5) is 5.82 Å². The molecular weight excluding hydrogens is 190 g/mol. The molecule has 1 aromatic heterocycles. The normalized spacial score (nSPS) is 10.4. The molecule has 0 aromatic carbocycles. The van der Waals surface area contributed by atoms with Gasteiger partial charge >= 0.3 is 0 Å². The van der Waals surface area contributed by atoms with E-state index in [0.29, 0.717) is 13.2 Å². The number of nitrogens with zero attached hydrogens (tertiary/aromatic N) is 1. The Balaban J connectivity index is 2.84. The van der Waals surface area contributed by atoms with E-state index in [1.54, 1.807) is 7.11 Å². The third-order valence-corrected chi connectivity index (χ3v) is 2.28. The van der Waals surface area contributed by atoms with Crippen LogP contribution in [0.5, 0.6) is 0 Å². The fraction of sp³-hybridized carbons (Fsp3) is 0.545. The van der Waals surface area contributed by atoms with Gasteiger partial charge in [-0.2, -0.15) is 0 Å². The van der Waals surface area contributed by atoms with E-state index in [-0.39, 0.29) is 0 Å². The molecule has 1 heterocycles. The predicted molar refractivity (Wildman–Crippen MR) is 62.0 cm³/mol. The number of hydrogen-bond donors (Lipinski definition) is 2. The highest BCUT2D eigenvalue weighted by molar-refractivity contribution is 5.49. The zero-order chi connectivity index (χ0) is 11.3. The number of aryl methyl sites for hydroxylation is 2. The molecule has 0 spiro atoms. The number of aromatic nitrogens is 1. The minimum absolute atomic E-state index is 0.508. The maximum atomic E-state index is 5.69.